The third kappa shape index (κ3) is 6.99. The standard InChI is InChI=1S/C23H29NO4/c1-5-27-20-10-8-19(9-11-20)24-23(25)13-7-18-6-12-21(22(16-18)26-4)28-15-14-17(2)3/h6-13,16-17H,5,14-15H2,1-4H3,(H,24,25). The Kier molecular flexibility index (Phi) is 8.40. The summed E-state index contributed by atoms with van der Waals surface area (Å²) < 4.78 is 16.6. The van der Waals surface area contributed by atoms with Crippen LogP contribution in [-0.4, -0.2) is 26.2 Å². The van der Waals surface area contributed by atoms with Gasteiger partial charge in [0.15, 0.2) is 11.5 Å². The van der Waals surface area contributed by atoms with Gasteiger partial charge in [0, 0.05) is 11.8 Å². The molecule has 0 aromatic heterocycles. The first kappa shape index (κ1) is 21.4. The van der Waals surface area contributed by atoms with E-state index in [9.17, 15) is 4.79 Å². The summed E-state index contributed by atoms with van der Waals surface area (Å²) in [5, 5.41) is 2.82. The van der Waals surface area contributed by atoms with Crippen molar-refractivity contribution in [3.63, 3.8) is 0 Å². The molecule has 0 unspecified atom stereocenters. The summed E-state index contributed by atoms with van der Waals surface area (Å²) in [4.78, 5) is 12.1. The molecule has 150 valence electrons. The molecule has 0 aliphatic heterocycles. The summed E-state index contributed by atoms with van der Waals surface area (Å²) in [6, 6.07) is 12.9. The monoisotopic (exact) mass is 383 g/mol. The van der Waals surface area contributed by atoms with Crippen molar-refractivity contribution in [3.05, 3.63) is 54.1 Å². The zero-order valence-corrected chi connectivity index (χ0v) is 17.0. The number of carbonyl (C=O) groups excluding carboxylic acids is 1. The van der Waals surface area contributed by atoms with Gasteiger partial charge in [-0.3, -0.25) is 4.79 Å². The lowest BCUT2D eigenvalue weighted by Crippen LogP contribution is -2.07. The van der Waals surface area contributed by atoms with Crippen molar-refractivity contribution >= 4 is 17.7 Å². The average molecular weight is 383 g/mol. The van der Waals surface area contributed by atoms with Crippen LogP contribution in [0.15, 0.2) is 48.5 Å². The molecule has 0 radical (unpaired) electrons. The predicted octanol–water partition coefficient (Wildman–Crippen LogP) is 5.17. The van der Waals surface area contributed by atoms with Gasteiger partial charge in [0.25, 0.3) is 0 Å². The van der Waals surface area contributed by atoms with Crippen LogP contribution < -0.4 is 19.5 Å². The maximum Gasteiger partial charge on any atom is 0.248 e. The lowest BCUT2D eigenvalue weighted by molar-refractivity contribution is -0.111. The fourth-order valence-electron chi connectivity index (χ4n) is 2.47. The smallest absolute Gasteiger partial charge is 0.248 e. The number of amides is 1. The van der Waals surface area contributed by atoms with Gasteiger partial charge in [-0.2, -0.15) is 0 Å². The van der Waals surface area contributed by atoms with Gasteiger partial charge in [0.2, 0.25) is 5.91 Å². The van der Waals surface area contributed by atoms with E-state index in [1.807, 2.05) is 49.4 Å². The van der Waals surface area contributed by atoms with Crippen molar-refractivity contribution in [2.75, 3.05) is 25.6 Å². The number of hydrogen-bond donors (Lipinski definition) is 1. The van der Waals surface area contributed by atoms with E-state index in [1.54, 1.807) is 13.2 Å². The maximum absolute atomic E-state index is 12.1. The molecule has 0 bridgehead atoms. The first-order valence-corrected chi connectivity index (χ1v) is 9.54. The minimum Gasteiger partial charge on any atom is -0.494 e. The summed E-state index contributed by atoms with van der Waals surface area (Å²) in [5.41, 5.74) is 1.57. The number of ether oxygens (including phenoxy) is 3. The Labute approximate surface area is 167 Å². The number of benzene rings is 2. The van der Waals surface area contributed by atoms with Gasteiger partial charge in [-0.15, -0.1) is 0 Å². The fraction of sp³-hybridized carbons (Fsp3) is 0.348. The molecule has 2 rings (SSSR count). The van der Waals surface area contributed by atoms with Crippen LogP contribution >= 0.6 is 0 Å². The molecule has 28 heavy (non-hydrogen) atoms. The van der Waals surface area contributed by atoms with Crippen LogP contribution in [0.1, 0.15) is 32.8 Å². The van der Waals surface area contributed by atoms with Gasteiger partial charge in [-0.1, -0.05) is 19.9 Å². The second kappa shape index (κ2) is 11.0. The molecular formula is C23H29NO4. The Morgan fingerprint density at radius 1 is 1.07 bits per heavy atom. The van der Waals surface area contributed by atoms with E-state index in [-0.39, 0.29) is 5.91 Å². The van der Waals surface area contributed by atoms with Gasteiger partial charge < -0.3 is 19.5 Å². The summed E-state index contributed by atoms with van der Waals surface area (Å²) in [5.74, 6) is 2.51. The van der Waals surface area contributed by atoms with Crippen LogP contribution in [0.5, 0.6) is 17.2 Å². The first-order chi connectivity index (χ1) is 13.5. The van der Waals surface area contributed by atoms with E-state index in [4.69, 9.17) is 14.2 Å². The topological polar surface area (TPSA) is 56.8 Å². The third-order valence-corrected chi connectivity index (χ3v) is 4.00. The number of anilines is 1. The van der Waals surface area contributed by atoms with Crippen molar-refractivity contribution in [2.45, 2.75) is 27.2 Å². The molecule has 1 amide bonds. The first-order valence-electron chi connectivity index (χ1n) is 9.54. The molecule has 1 N–H and O–H groups in total. The van der Waals surface area contributed by atoms with E-state index >= 15 is 0 Å². The Hall–Kier alpha value is -2.95. The maximum atomic E-state index is 12.1. The van der Waals surface area contributed by atoms with Crippen molar-refractivity contribution in [1.82, 2.24) is 0 Å². The highest BCUT2D eigenvalue weighted by Crippen LogP contribution is 2.29. The predicted molar refractivity (Wildman–Crippen MR) is 113 cm³/mol. The van der Waals surface area contributed by atoms with E-state index in [0.29, 0.717) is 36.3 Å². The van der Waals surface area contributed by atoms with Gasteiger partial charge in [-0.25, -0.2) is 0 Å². The van der Waals surface area contributed by atoms with Gasteiger partial charge >= 0.3 is 0 Å². The highest BCUT2D eigenvalue weighted by atomic mass is 16.5. The molecule has 0 saturated heterocycles. The Morgan fingerprint density at radius 3 is 2.46 bits per heavy atom. The molecule has 0 heterocycles. The zero-order chi connectivity index (χ0) is 20.4. The van der Waals surface area contributed by atoms with Gasteiger partial charge in [0.05, 0.1) is 20.3 Å². The van der Waals surface area contributed by atoms with Crippen LogP contribution in [0.25, 0.3) is 6.08 Å². The van der Waals surface area contributed by atoms with Crippen molar-refractivity contribution < 1.29 is 19.0 Å². The molecule has 0 spiro atoms. The van der Waals surface area contributed by atoms with Crippen molar-refractivity contribution in [2.24, 2.45) is 5.92 Å². The van der Waals surface area contributed by atoms with E-state index in [0.717, 1.165) is 17.7 Å². The van der Waals surface area contributed by atoms with Gasteiger partial charge in [-0.05, 0) is 67.3 Å². The Morgan fingerprint density at radius 2 is 1.82 bits per heavy atom. The third-order valence-electron chi connectivity index (χ3n) is 4.00. The van der Waals surface area contributed by atoms with E-state index in [1.165, 1.54) is 6.08 Å². The van der Waals surface area contributed by atoms with Crippen molar-refractivity contribution in [3.8, 4) is 17.2 Å². The molecule has 5 heteroatoms. The molecular weight excluding hydrogens is 354 g/mol. The summed E-state index contributed by atoms with van der Waals surface area (Å²) >= 11 is 0. The number of rotatable bonds is 10. The van der Waals surface area contributed by atoms with E-state index in [2.05, 4.69) is 19.2 Å². The highest BCUT2D eigenvalue weighted by molar-refractivity contribution is 6.01. The quantitative estimate of drug-likeness (QED) is 0.575. The van der Waals surface area contributed by atoms with Crippen LogP contribution in [0, 0.1) is 5.92 Å². The normalized spacial score (nSPS) is 10.9. The summed E-state index contributed by atoms with van der Waals surface area (Å²) in [6.45, 7) is 7.51. The number of nitrogens with one attached hydrogen (secondary N) is 1. The Balaban J connectivity index is 1.95. The van der Waals surface area contributed by atoms with Crippen LogP contribution in [0.4, 0.5) is 5.69 Å². The minimum absolute atomic E-state index is 0.208. The SMILES string of the molecule is CCOc1ccc(NC(=O)C=Cc2ccc(OCCC(C)C)c(OC)c2)cc1. The summed E-state index contributed by atoms with van der Waals surface area (Å²) in [7, 11) is 1.61. The highest BCUT2D eigenvalue weighted by Gasteiger charge is 2.06. The lowest BCUT2D eigenvalue weighted by Gasteiger charge is -2.12. The minimum atomic E-state index is -0.208. The molecule has 2 aromatic carbocycles. The molecule has 5 nitrogen and oxygen atoms in total. The Bertz CT molecular complexity index is 782. The molecule has 0 atom stereocenters. The lowest BCUT2D eigenvalue weighted by atomic mass is 10.1. The number of carbonyl (C=O) groups is 1. The van der Waals surface area contributed by atoms with Crippen LogP contribution in [-0.2, 0) is 4.79 Å². The summed E-state index contributed by atoms with van der Waals surface area (Å²) in [6.07, 6.45) is 4.21. The molecule has 0 aliphatic rings. The largest absolute Gasteiger partial charge is 0.494 e. The van der Waals surface area contributed by atoms with Crippen molar-refractivity contribution in [1.29, 1.82) is 0 Å². The van der Waals surface area contributed by atoms with E-state index < -0.39 is 0 Å². The van der Waals surface area contributed by atoms with Crippen LogP contribution in [0.3, 0.4) is 0 Å². The van der Waals surface area contributed by atoms with Crippen LogP contribution in [0.2, 0.25) is 0 Å². The second-order valence-electron chi connectivity index (χ2n) is 6.72. The molecule has 0 saturated carbocycles. The second-order valence-corrected chi connectivity index (χ2v) is 6.72. The molecule has 0 fully saturated rings. The van der Waals surface area contributed by atoms with Gasteiger partial charge in [0.1, 0.15) is 5.75 Å². The zero-order valence-electron chi connectivity index (χ0n) is 17.0. The molecule has 0 aliphatic carbocycles. The average Bonchev–Trinajstić information content (AvgIpc) is 2.68. The fourth-order valence-corrected chi connectivity index (χ4v) is 2.47. The number of methoxy groups -OCH3 is 1. The molecule has 2 aromatic rings. The number of hydrogen-bond acceptors (Lipinski definition) is 4.